The van der Waals surface area contributed by atoms with Crippen molar-refractivity contribution >= 4 is 47.4 Å². The largest absolute Gasteiger partial charge is 0.478 e. The maximum atomic E-state index is 13.7. The number of nitrogens with one attached hydrogen (secondary N) is 2. The number of hydrogen-bond donors (Lipinski definition) is 4. The van der Waals surface area contributed by atoms with Crippen LogP contribution in [0.1, 0.15) is 86.6 Å². The average Bonchev–Trinajstić information content (AvgIpc) is 3.35. The van der Waals surface area contributed by atoms with Crippen molar-refractivity contribution in [3.05, 3.63) is 95.6 Å². The van der Waals surface area contributed by atoms with Crippen LogP contribution in [0.3, 0.4) is 0 Å². The van der Waals surface area contributed by atoms with Gasteiger partial charge < -0.3 is 29.2 Å². The highest BCUT2D eigenvalue weighted by atomic mass is 16.6. The second-order valence-corrected chi connectivity index (χ2v) is 13.9. The molecule has 270 valence electrons. The number of carboxylic acids is 2. The second-order valence-electron chi connectivity index (χ2n) is 13.9. The molecule has 3 aromatic rings. The van der Waals surface area contributed by atoms with Gasteiger partial charge in [0.05, 0.1) is 11.1 Å². The molecule has 1 saturated carbocycles. The predicted octanol–water partition coefficient (Wildman–Crippen LogP) is 6.62. The molecule has 51 heavy (non-hydrogen) atoms. The summed E-state index contributed by atoms with van der Waals surface area (Å²) in [5.74, 6) is -7.39. The maximum Gasteiger partial charge on any atom is 0.412 e. The highest BCUT2D eigenvalue weighted by Gasteiger charge is 2.75. The lowest BCUT2D eigenvalue weighted by Gasteiger charge is -2.41. The summed E-state index contributed by atoms with van der Waals surface area (Å²) in [7, 11) is 0. The van der Waals surface area contributed by atoms with Gasteiger partial charge in [0.1, 0.15) is 11.2 Å². The van der Waals surface area contributed by atoms with Gasteiger partial charge in [0.2, 0.25) is 0 Å². The lowest BCUT2D eigenvalue weighted by Crippen LogP contribution is -2.66. The number of anilines is 2. The number of carbonyl (C=O) groups is 6. The van der Waals surface area contributed by atoms with Gasteiger partial charge in [0, 0.05) is 23.7 Å². The van der Waals surface area contributed by atoms with Gasteiger partial charge in [-0.25, -0.2) is 28.8 Å². The Hall–Kier alpha value is -5.92. The van der Waals surface area contributed by atoms with E-state index < -0.39 is 70.8 Å². The van der Waals surface area contributed by atoms with E-state index in [0.29, 0.717) is 5.56 Å². The molecule has 0 saturated heterocycles. The lowest BCUT2D eigenvalue weighted by molar-refractivity contribution is -0.202. The minimum absolute atomic E-state index is 0.152. The van der Waals surface area contributed by atoms with Crippen molar-refractivity contribution in [2.75, 3.05) is 10.6 Å². The molecule has 1 aliphatic carbocycles. The molecule has 0 aromatic heterocycles. The number of amides is 2. The van der Waals surface area contributed by atoms with Gasteiger partial charge in [0.15, 0.2) is 0 Å². The van der Waals surface area contributed by atoms with Crippen LogP contribution in [0.25, 0.3) is 0 Å². The second kappa shape index (κ2) is 14.5. The molecule has 0 heterocycles. The first-order chi connectivity index (χ1) is 23.8. The van der Waals surface area contributed by atoms with Crippen molar-refractivity contribution in [2.24, 2.45) is 0 Å². The van der Waals surface area contributed by atoms with Crippen molar-refractivity contribution in [1.82, 2.24) is 0 Å². The molecule has 4 N–H and O–H groups in total. The first-order valence-electron chi connectivity index (χ1n) is 15.9. The van der Waals surface area contributed by atoms with Gasteiger partial charge in [-0.15, -0.1) is 0 Å². The molecular weight excluding hydrogens is 664 g/mol. The molecule has 2 amide bonds. The molecule has 1 fully saturated rings. The summed E-state index contributed by atoms with van der Waals surface area (Å²) in [5, 5.41) is 26.5. The maximum absolute atomic E-state index is 13.7. The van der Waals surface area contributed by atoms with Gasteiger partial charge in [0.25, 0.3) is 11.2 Å². The average molecular weight is 705 g/mol. The van der Waals surface area contributed by atoms with E-state index in [9.17, 15) is 39.0 Å². The zero-order chi connectivity index (χ0) is 37.8. The third-order valence-electron chi connectivity index (χ3n) is 7.79. The van der Waals surface area contributed by atoms with Gasteiger partial charge in [-0.3, -0.25) is 10.6 Å². The highest BCUT2D eigenvalue weighted by molar-refractivity contribution is 6.01. The first kappa shape index (κ1) is 37.9. The van der Waals surface area contributed by atoms with Crippen LogP contribution in [-0.2, 0) is 28.5 Å². The highest BCUT2D eigenvalue weighted by Crippen LogP contribution is 2.54. The Kier molecular flexibility index (Phi) is 10.8. The molecule has 3 unspecified atom stereocenters. The Morgan fingerprint density at radius 2 is 1.06 bits per heavy atom. The normalized spacial score (nSPS) is 20.0. The summed E-state index contributed by atoms with van der Waals surface area (Å²) in [6.07, 6.45) is -2.17. The molecule has 0 bridgehead atoms. The van der Waals surface area contributed by atoms with Crippen LogP contribution in [0, 0.1) is 0 Å². The summed E-state index contributed by atoms with van der Waals surface area (Å²) >= 11 is 0. The van der Waals surface area contributed by atoms with Crippen LogP contribution in [0.5, 0.6) is 0 Å². The summed E-state index contributed by atoms with van der Waals surface area (Å²) in [5.41, 5.74) is -6.89. The predicted molar refractivity (Wildman–Crippen MR) is 183 cm³/mol. The van der Waals surface area contributed by atoms with Crippen LogP contribution in [0.2, 0.25) is 0 Å². The summed E-state index contributed by atoms with van der Waals surface area (Å²) in [6.45, 7) is 10.1. The van der Waals surface area contributed by atoms with E-state index in [1.807, 2.05) is 0 Å². The van der Waals surface area contributed by atoms with Crippen molar-refractivity contribution in [1.29, 1.82) is 0 Å². The third-order valence-corrected chi connectivity index (χ3v) is 7.79. The van der Waals surface area contributed by atoms with Crippen molar-refractivity contribution < 1.29 is 57.9 Å². The fraction of sp³-hybridized carbons (Fsp3) is 0.351. The van der Waals surface area contributed by atoms with E-state index in [4.69, 9.17) is 18.9 Å². The Morgan fingerprint density at radius 1 is 0.627 bits per heavy atom. The molecular formula is C37H40N2O12. The lowest BCUT2D eigenvalue weighted by atomic mass is 9.76. The number of rotatable bonds is 9. The van der Waals surface area contributed by atoms with Gasteiger partial charge in [-0.1, -0.05) is 30.3 Å². The van der Waals surface area contributed by atoms with Crippen molar-refractivity contribution in [3.8, 4) is 0 Å². The molecule has 14 heteroatoms. The number of benzene rings is 3. The van der Waals surface area contributed by atoms with E-state index in [2.05, 4.69) is 10.6 Å². The summed E-state index contributed by atoms with van der Waals surface area (Å²) < 4.78 is 21.8. The topological polar surface area (TPSA) is 204 Å². The zero-order valence-corrected chi connectivity index (χ0v) is 29.0. The standard InChI is InChI=1S/C37H40N2O12/c1-34(2,3)50-32(46)38-25-16-12-23(13-17-25)28(40)48-36(30(42)43)21-20-27(22-10-8-7-9-11-22)37(36,31(44)45)49-29(41)24-14-18-26(19-15-24)39-33(47)51-35(4,5)6/h7-19,27H,20-21H2,1-6H3,(H,38,46)(H,39,47)(H,42,43)(H,44,45). The van der Waals surface area contributed by atoms with Gasteiger partial charge in [-0.2, -0.15) is 0 Å². The minimum Gasteiger partial charge on any atom is -0.478 e. The molecule has 14 nitrogen and oxygen atoms in total. The SMILES string of the molecule is CC(C)(C)OC(=O)Nc1ccc(C(=O)OC2(C(=O)O)CCC(c3ccccc3)C2(OC(=O)c2ccc(NC(=O)OC(C)(C)C)cc2)C(=O)O)cc1. The Bertz CT molecular complexity index is 1790. The van der Waals surface area contributed by atoms with Crippen molar-refractivity contribution in [3.63, 3.8) is 0 Å². The van der Waals surface area contributed by atoms with E-state index >= 15 is 0 Å². The quantitative estimate of drug-likeness (QED) is 0.137. The molecule has 3 aromatic carbocycles. The Balaban J connectivity index is 1.68. The van der Waals surface area contributed by atoms with Crippen molar-refractivity contribution in [2.45, 2.75) is 82.7 Å². The van der Waals surface area contributed by atoms with Gasteiger partial charge in [-0.05, 0) is 102 Å². The molecule has 1 aliphatic rings. The number of hydrogen-bond acceptors (Lipinski definition) is 10. The summed E-state index contributed by atoms with van der Waals surface area (Å²) in [4.78, 5) is 78.2. The smallest absolute Gasteiger partial charge is 0.412 e. The number of aliphatic carboxylic acids is 2. The first-order valence-corrected chi connectivity index (χ1v) is 15.9. The fourth-order valence-corrected chi connectivity index (χ4v) is 5.70. The summed E-state index contributed by atoms with van der Waals surface area (Å²) in [6, 6.07) is 18.4. The molecule has 4 rings (SSSR count). The number of esters is 2. The number of ether oxygens (including phenoxy) is 4. The zero-order valence-electron chi connectivity index (χ0n) is 29.0. The number of carboxylic acid groups (broad SMARTS) is 2. The minimum atomic E-state index is -2.95. The molecule has 0 radical (unpaired) electrons. The van der Waals surface area contributed by atoms with Crippen LogP contribution in [0.15, 0.2) is 78.9 Å². The molecule has 0 spiro atoms. The van der Waals surface area contributed by atoms with Crippen LogP contribution in [0.4, 0.5) is 21.0 Å². The van der Waals surface area contributed by atoms with E-state index in [1.165, 1.54) is 48.5 Å². The van der Waals surface area contributed by atoms with E-state index in [-0.39, 0.29) is 28.9 Å². The van der Waals surface area contributed by atoms with Crippen LogP contribution < -0.4 is 10.6 Å². The Labute approximate surface area is 294 Å². The van der Waals surface area contributed by atoms with E-state index in [0.717, 1.165) is 0 Å². The van der Waals surface area contributed by atoms with Gasteiger partial charge >= 0.3 is 36.1 Å². The number of carbonyl (C=O) groups excluding carboxylic acids is 4. The Morgan fingerprint density at radius 3 is 1.45 bits per heavy atom. The molecule has 0 aliphatic heterocycles. The third kappa shape index (κ3) is 8.63. The van der Waals surface area contributed by atoms with E-state index in [1.54, 1.807) is 71.9 Å². The monoisotopic (exact) mass is 704 g/mol. The van der Waals surface area contributed by atoms with Crippen LogP contribution >= 0.6 is 0 Å². The van der Waals surface area contributed by atoms with Crippen LogP contribution in [-0.4, -0.2) is 68.7 Å². The fourth-order valence-electron chi connectivity index (χ4n) is 5.70. The molecule has 3 atom stereocenters.